The molecule has 2 amide bonds. The van der Waals surface area contributed by atoms with E-state index < -0.39 is 17.4 Å². The van der Waals surface area contributed by atoms with Crippen molar-refractivity contribution in [3.63, 3.8) is 0 Å². The van der Waals surface area contributed by atoms with Gasteiger partial charge in [0.05, 0.1) is 37.3 Å². The topological polar surface area (TPSA) is 71.8 Å². The van der Waals surface area contributed by atoms with Gasteiger partial charge in [-0.3, -0.25) is 9.59 Å². The van der Waals surface area contributed by atoms with Gasteiger partial charge in [0.2, 0.25) is 11.8 Å². The molecule has 0 radical (unpaired) electrons. The Labute approximate surface area is 167 Å². The van der Waals surface area contributed by atoms with E-state index in [1.165, 1.54) is 0 Å². The lowest BCUT2D eigenvalue weighted by Crippen LogP contribution is -2.43. The number of ether oxygens (including phenoxy) is 1. The molecule has 3 unspecified atom stereocenters. The molecule has 5 rings (SSSR count). The molecule has 4 heterocycles. The molecule has 7 heteroatoms. The lowest BCUT2D eigenvalue weighted by atomic mass is 9.77. The molecule has 4 atom stereocenters. The summed E-state index contributed by atoms with van der Waals surface area (Å²) in [5.41, 5.74) is 0.116. The molecule has 6 nitrogen and oxygen atoms in total. The van der Waals surface area contributed by atoms with Crippen molar-refractivity contribution in [1.82, 2.24) is 10.2 Å². The lowest BCUT2D eigenvalue weighted by molar-refractivity contribution is -0.138. The Morgan fingerprint density at radius 1 is 1.29 bits per heavy atom. The molecule has 3 aliphatic rings. The molecule has 1 aromatic heterocycles. The van der Waals surface area contributed by atoms with Crippen LogP contribution in [0.5, 0.6) is 0 Å². The van der Waals surface area contributed by atoms with E-state index in [4.69, 9.17) is 20.8 Å². The zero-order valence-electron chi connectivity index (χ0n) is 15.0. The van der Waals surface area contributed by atoms with Crippen LogP contribution in [0.15, 0.2) is 59.2 Å². The molecule has 1 aromatic carbocycles. The highest BCUT2D eigenvalue weighted by atomic mass is 35.5. The summed E-state index contributed by atoms with van der Waals surface area (Å²) in [6.07, 6.45) is 5.06. The van der Waals surface area contributed by atoms with Crippen molar-refractivity contribution in [2.24, 2.45) is 11.8 Å². The number of halogens is 1. The maximum Gasteiger partial charge on any atom is 0.230 e. The minimum Gasteiger partial charge on any atom is -0.467 e. The Kier molecular flexibility index (Phi) is 4.07. The molecular weight excluding hydrogens is 380 g/mol. The van der Waals surface area contributed by atoms with E-state index in [0.29, 0.717) is 30.4 Å². The first-order valence-corrected chi connectivity index (χ1v) is 9.65. The van der Waals surface area contributed by atoms with E-state index in [9.17, 15) is 9.59 Å². The molecule has 2 fully saturated rings. The number of hydrogen-bond donors (Lipinski definition) is 1. The summed E-state index contributed by atoms with van der Waals surface area (Å²) < 4.78 is 11.5. The van der Waals surface area contributed by atoms with E-state index in [0.717, 1.165) is 5.56 Å². The van der Waals surface area contributed by atoms with Gasteiger partial charge >= 0.3 is 0 Å². The van der Waals surface area contributed by atoms with Gasteiger partial charge in [0.25, 0.3) is 0 Å². The fourth-order valence-electron chi connectivity index (χ4n) is 4.54. The van der Waals surface area contributed by atoms with Gasteiger partial charge in [0.15, 0.2) is 0 Å². The molecular formula is C21H19ClN2O4. The molecule has 1 spiro atoms. The number of furan rings is 1. The van der Waals surface area contributed by atoms with Crippen molar-refractivity contribution < 1.29 is 18.7 Å². The van der Waals surface area contributed by atoms with Crippen molar-refractivity contribution in [2.75, 3.05) is 6.54 Å². The molecule has 2 aromatic rings. The molecule has 0 aliphatic carbocycles. The molecule has 0 saturated carbocycles. The second kappa shape index (κ2) is 6.50. The van der Waals surface area contributed by atoms with E-state index in [1.54, 1.807) is 23.3 Å². The standard InChI is InChI=1S/C21H19ClN2O4/c22-15-6-2-1-4-13(15)10-23-19(25)17-16-7-8-21(28-16)12-24(20(26)18(17)21)11-14-5-3-9-27-14/h1-9,16-18H,10-12H2,(H,23,25)/t16?,17?,18?,21-/m1/s1. The molecule has 144 valence electrons. The first-order valence-electron chi connectivity index (χ1n) is 9.27. The highest BCUT2D eigenvalue weighted by Crippen LogP contribution is 2.52. The molecule has 1 N–H and O–H groups in total. The number of rotatable bonds is 5. The fourth-order valence-corrected chi connectivity index (χ4v) is 4.75. The minimum absolute atomic E-state index is 0.0684. The van der Waals surface area contributed by atoms with Crippen LogP contribution < -0.4 is 5.32 Å². The number of hydrogen-bond acceptors (Lipinski definition) is 4. The largest absolute Gasteiger partial charge is 0.467 e. The molecule has 2 bridgehead atoms. The first-order chi connectivity index (χ1) is 13.6. The van der Waals surface area contributed by atoms with Crippen molar-refractivity contribution >= 4 is 23.4 Å². The molecule has 3 aliphatic heterocycles. The van der Waals surface area contributed by atoms with Gasteiger partial charge in [-0.25, -0.2) is 0 Å². The monoisotopic (exact) mass is 398 g/mol. The van der Waals surface area contributed by atoms with Crippen LogP contribution in [0.25, 0.3) is 0 Å². The van der Waals surface area contributed by atoms with Crippen molar-refractivity contribution in [3.05, 3.63) is 71.2 Å². The zero-order chi connectivity index (χ0) is 19.3. The number of fused-ring (bicyclic) bond motifs is 1. The predicted octanol–water partition coefficient (Wildman–Crippen LogP) is 2.53. The van der Waals surface area contributed by atoms with Gasteiger partial charge in [0, 0.05) is 11.6 Å². The fraction of sp³-hybridized carbons (Fsp3) is 0.333. The summed E-state index contributed by atoms with van der Waals surface area (Å²) in [5, 5.41) is 3.53. The van der Waals surface area contributed by atoms with Gasteiger partial charge in [-0.1, -0.05) is 42.0 Å². The number of amides is 2. The third-order valence-corrected chi connectivity index (χ3v) is 6.19. The van der Waals surface area contributed by atoms with E-state index in [-0.39, 0.29) is 17.9 Å². The predicted molar refractivity (Wildman–Crippen MR) is 101 cm³/mol. The minimum atomic E-state index is -0.721. The highest BCUT2D eigenvalue weighted by Gasteiger charge is 2.66. The maximum atomic E-state index is 13.1. The Morgan fingerprint density at radius 2 is 2.14 bits per heavy atom. The number of nitrogens with one attached hydrogen (secondary N) is 1. The summed E-state index contributed by atoms with van der Waals surface area (Å²) in [5.74, 6) is -0.594. The average molecular weight is 399 g/mol. The van der Waals surface area contributed by atoms with Crippen LogP contribution in [0.2, 0.25) is 5.02 Å². The van der Waals surface area contributed by atoms with E-state index in [1.807, 2.05) is 36.4 Å². The van der Waals surface area contributed by atoms with Crippen LogP contribution in [0.3, 0.4) is 0 Å². The number of benzene rings is 1. The third kappa shape index (κ3) is 2.67. The molecule has 2 saturated heterocycles. The maximum absolute atomic E-state index is 13.1. The van der Waals surface area contributed by atoms with Crippen molar-refractivity contribution in [2.45, 2.75) is 24.8 Å². The van der Waals surface area contributed by atoms with E-state index in [2.05, 4.69) is 5.32 Å². The van der Waals surface area contributed by atoms with Gasteiger partial charge < -0.3 is 19.4 Å². The SMILES string of the molecule is O=C(NCc1ccccc1Cl)C1C2C=C[C@]3(CN(Cc4ccco4)C(=O)C13)O2. The summed E-state index contributed by atoms with van der Waals surface area (Å²) in [6.45, 7) is 1.12. The van der Waals surface area contributed by atoms with Crippen LogP contribution in [0, 0.1) is 11.8 Å². The van der Waals surface area contributed by atoms with Gasteiger partial charge in [-0.2, -0.15) is 0 Å². The van der Waals surface area contributed by atoms with Crippen LogP contribution in [0.4, 0.5) is 0 Å². The summed E-state index contributed by atoms with van der Waals surface area (Å²) in [4.78, 5) is 27.8. The quantitative estimate of drug-likeness (QED) is 0.785. The zero-order valence-corrected chi connectivity index (χ0v) is 15.8. The van der Waals surface area contributed by atoms with Crippen LogP contribution in [-0.4, -0.2) is 35.0 Å². The summed E-state index contributed by atoms with van der Waals surface area (Å²) in [7, 11) is 0. The van der Waals surface area contributed by atoms with Gasteiger partial charge in [-0.15, -0.1) is 0 Å². The summed E-state index contributed by atoms with van der Waals surface area (Å²) >= 11 is 6.17. The number of carbonyl (C=O) groups excluding carboxylic acids is 2. The Morgan fingerprint density at radius 3 is 2.93 bits per heavy atom. The van der Waals surface area contributed by atoms with E-state index >= 15 is 0 Å². The first kappa shape index (κ1) is 17.5. The van der Waals surface area contributed by atoms with Crippen molar-refractivity contribution in [1.29, 1.82) is 0 Å². The van der Waals surface area contributed by atoms with Crippen LogP contribution in [0.1, 0.15) is 11.3 Å². The smallest absolute Gasteiger partial charge is 0.230 e. The Hall–Kier alpha value is -2.57. The normalized spacial score (nSPS) is 30.1. The van der Waals surface area contributed by atoms with Gasteiger partial charge in [-0.05, 0) is 23.8 Å². The number of carbonyl (C=O) groups is 2. The number of likely N-dealkylation sites (tertiary alicyclic amines) is 1. The second-order valence-corrected chi connectivity index (χ2v) is 7.89. The lowest BCUT2D eigenvalue weighted by Gasteiger charge is -2.23. The van der Waals surface area contributed by atoms with Crippen LogP contribution >= 0.6 is 11.6 Å². The molecule has 28 heavy (non-hydrogen) atoms. The van der Waals surface area contributed by atoms with Gasteiger partial charge in [0.1, 0.15) is 11.4 Å². The summed E-state index contributed by atoms with van der Waals surface area (Å²) in [6, 6.07) is 11.0. The van der Waals surface area contributed by atoms with Crippen LogP contribution in [-0.2, 0) is 27.4 Å². The average Bonchev–Trinajstić information content (AvgIpc) is 3.44. The number of nitrogens with zero attached hydrogens (tertiary/aromatic N) is 1. The third-order valence-electron chi connectivity index (χ3n) is 5.82. The Balaban J connectivity index is 1.33. The Bertz CT molecular complexity index is 957. The van der Waals surface area contributed by atoms with Crippen molar-refractivity contribution in [3.8, 4) is 0 Å². The second-order valence-electron chi connectivity index (χ2n) is 7.48. The highest BCUT2D eigenvalue weighted by molar-refractivity contribution is 6.31.